The highest BCUT2D eigenvalue weighted by atomic mass is 28.4. The zero-order valence-corrected chi connectivity index (χ0v) is 16.9. The van der Waals surface area contributed by atoms with Gasteiger partial charge in [-0.05, 0) is 46.9 Å². The Bertz CT molecular complexity index is 677. The van der Waals surface area contributed by atoms with Crippen molar-refractivity contribution in [1.29, 1.82) is 0 Å². The summed E-state index contributed by atoms with van der Waals surface area (Å²) in [4.78, 5) is 0. The second-order valence-corrected chi connectivity index (χ2v) is 13.0. The fourth-order valence-electron chi connectivity index (χ4n) is 4.23. The molecular weight excluding hydrogens is 340 g/mol. The summed E-state index contributed by atoms with van der Waals surface area (Å²) in [6.45, 7) is 1.87. The first-order valence-corrected chi connectivity index (χ1v) is 13.6. The van der Waals surface area contributed by atoms with Crippen LogP contribution >= 0.6 is 0 Å². The van der Waals surface area contributed by atoms with Crippen molar-refractivity contribution in [1.82, 2.24) is 0 Å². The summed E-state index contributed by atoms with van der Waals surface area (Å²) in [6.07, 6.45) is 5.06. The standard InChI is InChI=1S/C21H27O2Si2/c1-2-11-20(12-3-1)25(17-9-7-15-23-25)21-13-5-4-10-19(21)18-24-16-8-6-14-22-24/h1-5,10-13H,6-9,14-18H2. The summed E-state index contributed by atoms with van der Waals surface area (Å²) < 4.78 is 12.8. The van der Waals surface area contributed by atoms with Gasteiger partial charge in [0, 0.05) is 13.2 Å². The molecule has 0 spiro atoms. The third-order valence-electron chi connectivity index (χ3n) is 5.51. The van der Waals surface area contributed by atoms with Crippen LogP contribution in [0.3, 0.4) is 0 Å². The van der Waals surface area contributed by atoms with E-state index in [-0.39, 0.29) is 0 Å². The molecule has 0 bridgehead atoms. The van der Waals surface area contributed by atoms with Gasteiger partial charge in [0.25, 0.3) is 8.32 Å². The molecule has 0 amide bonds. The molecule has 2 aromatic carbocycles. The molecule has 1 atom stereocenters. The summed E-state index contributed by atoms with van der Waals surface area (Å²) >= 11 is 0. The second kappa shape index (κ2) is 8.00. The molecule has 4 heteroatoms. The maximum absolute atomic E-state index is 6.68. The van der Waals surface area contributed by atoms with Gasteiger partial charge in [0.05, 0.1) is 0 Å². The minimum Gasteiger partial charge on any atom is -0.416 e. The smallest absolute Gasteiger partial charge is 0.255 e. The Balaban J connectivity index is 1.72. The maximum Gasteiger partial charge on any atom is 0.255 e. The first kappa shape index (κ1) is 17.2. The van der Waals surface area contributed by atoms with E-state index in [0.29, 0.717) is 0 Å². The molecule has 25 heavy (non-hydrogen) atoms. The first-order valence-electron chi connectivity index (χ1n) is 9.64. The number of rotatable bonds is 4. The molecule has 2 aromatic rings. The molecule has 2 heterocycles. The molecule has 0 aromatic heterocycles. The Morgan fingerprint density at radius 2 is 1.64 bits per heavy atom. The van der Waals surface area contributed by atoms with Crippen LogP contribution < -0.4 is 10.4 Å². The van der Waals surface area contributed by atoms with Gasteiger partial charge in [-0.2, -0.15) is 0 Å². The molecule has 0 aliphatic carbocycles. The molecule has 0 N–H and O–H groups in total. The summed E-state index contributed by atoms with van der Waals surface area (Å²) in [7, 11) is -2.80. The zero-order chi connectivity index (χ0) is 17.0. The van der Waals surface area contributed by atoms with Gasteiger partial charge in [-0.25, -0.2) is 0 Å². The average molecular weight is 368 g/mol. The molecule has 2 aliphatic rings. The SMILES string of the molecule is c1ccc([Si]2(c3ccccc3C[Si]3CCCCO3)CCCCO2)cc1. The Kier molecular flexibility index (Phi) is 5.51. The minimum atomic E-state index is -2.10. The molecule has 131 valence electrons. The summed E-state index contributed by atoms with van der Waals surface area (Å²) in [5.74, 6) is 0. The van der Waals surface area contributed by atoms with Crippen LogP contribution in [0, 0.1) is 0 Å². The van der Waals surface area contributed by atoms with Crippen molar-refractivity contribution >= 4 is 27.7 Å². The van der Waals surface area contributed by atoms with Crippen molar-refractivity contribution in [3.63, 3.8) is 0 Å². The van der Waals surface area contributed by atoms with Crippen LogP contribution in [-0.4, -0.2) is 30.6 Å². The Hall–Kier alpha value is -1.21. The van der Waals surface area contributed by atoms with Crippen LogP contribution in [0.1, 0.15) is 31.2 Å². The molecule has 2 nitrogen and oxygen atoms in total. The second-order valence-electron chi connectivity index (χ2n) is 7.18. The molecule has 2 saturated heterocycles. The Morgan fingerprint density at radius 1 is 0.840 bits per heavy atom. The molecule has 2 aliphatic heterocycles. The monoisotopic (exact) mass is 367 g/mol. The highest BCUT2D eigenvalue weighted by molar-refractivity contribution is 6.98. The van der Waals surface area contributed by atoms with Crippen LogP contribution in [0.2, 0.25) is 12.1 Å². The van der Waals surface area contributed by atoms with E-state index in [9.17, 15) is 0 Å². The number of benzene rings is 2. The van der Waals surface area contributed by atoms with Crippen molar-refractivity contribution in [3.05, 3.63) is 60.2 Å². The number of hydrogen-bond donors (Lipinski definition) is 0. The van der Waals surface area contributed by atoms with Crippen molar-refractivity contribution in [3.8, 4) is 0 Å². The topological polar surface area (TPSA) is 18.5 Å². The van der Waals surface area contributed by atoms with Crippen molar-refractivity contribution < 1.29 is 8.85 Å². The van der Waals surface area contributed by atoms with E-state index in [1.165, 1.54) is 53.7 Å². The highest BCUT2D eigenvalue weighted by Gasteiger charge is 2.42. The van der Waals surface area contributed by atoms with Crippen LogP contribution in [-0.2, 0) is 14.9 Å². The van der Waals surface area contributed by atoms with E-state index in [1.54, 1.807) is 0 Å². The predicted octanol–water partition coefficient (Wildman–Crippen LogP) is 3.44. The largest absolute Gasteiger partial charge is 0.416 e. The lowest BCUT2D eigenvalue weighted by Gasteiger charge is -2.37. The van der Waals surface area contributed by atoms with E-state index in [4.69, 9.17) is 8.85 Å². The number of hydrogen-bond acceptors (Lipinski definition) is 2. The zero-order valence-electron chi connectivity index (χ0n) is 14.9. The minimum absolute atomic E-state index is 0.701. The molecular formula is C21H27O2Si2. The fraction of sp³-hybridized carbons (Fsp3) is 0.429. The predicted molar refractivity (Wildman–Crippen MR) is 107 cm³/mol. The van der Waals surface area contributed by atoms with Crippen LogP contribution in [0.4, 0.5) is 0 Å². The van der Waals surface area contributed by atoms with Crippen LogP contribution in [0.5, 0.6) is 0 Å². The van der Waals surface area contributed by atoms with Crippen molar-refractivity contribution in [2.24, 2.45) is 0 Å². The van der Waals surface area contributed by atoms with Gasteiger partial charge in [-0.1, -0.05) is 67.4 Å². The van der Waals surface area contributed by atoms with Crippen molar-refractivity contribution in [2.45, 2.75) is 43.8 Å². The van der Waals surface area contributed by atoms with Gasteiger partial charge in [-0.3, -0.25) is 0 Å². The summed E-state index contributed by atoms with van der Waals surface area (Å²) in [5, 5.41) is 2.94. The van der Waals surface area contributed by atoms with E-state index in [2.05, 4.69) is 54.6 Å². The van der Waals surface area contributed by atoms with E-state index >= 15 is 0 Å². The molecule has 1 unspecified atom stereocenters. The maximum atomic E-state index is 6.68. The van der Waals surface area contributed by atoms with E-state index in [0.717, 1.165) is 19.3 Å². The van der Waals surface area contributed by atoms with E-state index in [1.807, 2.05) is 0 Å². The lowest BCUT2D eigenvalue weighted by atomic mass is 10.2. The van der Waals surface area contributed by atoms with Gasteiger partial charge in [-0.15, -0.1) is 0 Å². The Morgan fingerprint density at radius 3 is 2.40 bits per heavy atom. The highest BCUT2D eigenvalue weighted by Crippen LogP contribution is 2.24. The molecule has 1 radical (unpaired) electrons. The molecule has 4 rings (SSSR count). The first-order chi connectivity index (χ1) is 12.4. The Labute approximate surface area is 154 Å². The normalized spacial score (nSPS) is 25.0. The van der Waals surface area contributed by atoms with Gasteiger partial charge in [0.1, 0.15) is 0 Å². The van der Waals surface area contributed by atoms with Gasteiger partial charge in [0.15, 0.2) is 0 Å². The molecule has 2 fully saturated rings. The van der Waals surface area contributed by atoms with E-state index < -0.39 is 17.4 Å². The van der Waals surface area contributed by atoms with Crippen LogP contribution in [0.15, 0.2) is 54.6 Å². The summed E-state index contributed by atoms with van der Waals surface area (Å²) in [5.41, 5.74) is 1.50. The quantitative estimate of drug-likeness (QED) is 0.771. The fourth-order valence-corrected chi connectivity index (χ4v) is 11.0. The molecule has 0 saturated carbocycles. The lowest BCUT2D eigenvalue weighted by Crippen LogP contribution is -2.63. The van der Waals surface area contributed by atoms with Crippen LogP contribution in [0.25, 0.3) is 0 Å². The van der Waals surface area contributed by atoms with Crippen molar-refractivity contribution in [2.75, 3.05) is 13.2 Å². The third-order valence-corrected chi connectivity index (χ3v) is 12.2. The lowest BCUT2D eigenvalue weighted by molar-refractivity contribution is 0.283. The average Bonchev–Trinajstić information content (AvgIpc) is 2.70. The van der Waals surface area contributed by atoms with Gasteiger partial charge in [0.2, 0.25) is 9.04 Å². The van der Waals surface area contributed by atoms with Gasteiger partial charge >= 0.3 is 0 Å². The van der Waals surface area contributed by atoms with Gasteiger partial charge < -0.3 is 8.85 Å². The third kappa shape index (κ3) is 3.67. The summed E-state index contributed by atoms with van der Waals surface area (Å²) in [6, 6.07) is 23.7.